The maximum atomic E-state index is 2.47. The van der Waals surface area contributed by atoms with Crippen LogP contribution in [0.4, 0.5) is 0 Å². The number of benzene rings is 3. The predicted octanol–water partition coefficient (Wildman–Crippen LogP) is 7.38. The molecule has 0 saturated heterocycles. The van der Waals surface area contributed by atoms with Crippen LogP contribution in [0.15, 0.2) is 84.9 Å². The fourth-order valence-electron chi connectivity index (χ4n) is 5.51. The van der Waals surface area contributed by atoms with Crippen LogP contribution < -0.4 is 0 Å². The second-order valence-electron chi connectivity index (χ2n) is 10.4. The van der Waals surface area contributed by atoms with Crippen molar-refractivity contribution in [2.75, 3.05) is 0 Å². The fourth-order valence-corrected chi connectivity index (χ4v) is 5.51. The molecule has 0 aromatic heterocycles. The van der Waals surface area contributed by atoms with Crippen molar-refractivity contribution in [2.45, 2.75) is 61.6 Å². The molecule has 3 rings (SSSR count). The molecule has 0 nitrogen and oxygen atoms in total. The molecule has 0 saturated carbocycles. The summed E-state index contributed by atoms with van der Waals surface area (Å²) >= 11 is 4.95. The van der Waals surface area contributed by atoms with Gasteiger partial charge >= 0.3 is 216 Å². The van der Waals surface area contributed by atoms with E-state index >= 15 is 0 Å². The van der Waals surface area contributed by atoms with E-state index < -0.39 is 0 Å². The van der Waals surface area contributed by atoms with Crippen molar-refractivity contribution in [3.8, 4) is 0 Å². The standard InChI is InChI=1S/C30H36.2Li/c1-5-23(3)21-29(25-15-9-7-10-16-25)27-19-13-14-20-28(27)30(22-24(4)6-2)26-17-11-8-12-18-26;;/h7-20,23-24H,5-6,21-22H2,1-4H3;;. The second kappa shape index (κ2) is 11.3. The summed E-state index contributed by atoms with van der Waals surface area (Å²) in [5, 5.41) is 0. The van der Waals surface area contributed by atoms with E-state index in [1.165, 1.54) is 35.1 Å². The van der Waals surface area contributed by atoms with Crippen molar-refractivity contribution < 1.29 is 0 Å². The Bertz CT molecular complexity index is 888. The summed E-state index contributed by atoms with van der Waals surface area (Å²) in [6.07, 6.45) is 4.71. The van der Waals surface area contributed by atoms with Crippen LogP contribution in [0.25, 0.3) is 0 Å². The molecule has 3 aromatic carbocycles. The molecule has 0 bridgehead atoms. The summed E-state index contributed by atoms with van der Waals surface area (Å²) in [7, 11) is 0. The third kappa shape index (κ3) is 5.49. The van der Waals surface area contributed by atoms with Gasteiger partial charge in [0, 0.05) is 0 Å². The molecule has 0 fully saturated rings. The van der Waals surface area contributed by atoms with E-state index in [-0.39, 0.29) is 8.18 Å². The zero-order valence-electron chi connectivity index (χ0n) is 21.1. The van der Waals surface area contributed by atoms with Crippen LogP contribution in [0.3, 0.4) is 0 Å². The van der Waals surface area contributed by atoms with E-state index in [2.05, 4.69) is 148 Å². The molecule has 0 N–H and O–H groups in total. The third-order valence-electron chi connectivity index (χ3n) is 7.85. The summed E-state index contributed by atoms with van der Waals surface area (Å²) in [6.45, 7) is 9.44. The Morgan fingerprint density at radius 1 is 0.562 bits per heavy atom. The van der Waals surface area contributed by atoms with Crippen LogP contribution in [0.1, 0.15) is 75.6 Å². The van der Waals surface area contributed by atoms with Gasteiger partial charge in [-0.3, -0.25) is 0 Å². The van der Waals surface area contributed by atoms with Gasteiger partial charge in [-0.05, 0) is 0 Å². The zero-order chi connectivity index (χ0) is 23.2. The van der Waals surface area contributed by atoms with Gasteiger partial charge in [-0.25, -0.2) is 0 Å². The van der Waals surface area contributed by atoms with E-state index in [4.69, 9.17) is 0 Å². The Hall–Kier alpha value is -1.15. The van der Waals surface area contributed by atoms with Gasteiger partial charge in [-0.1, -0.05) is 0 Å². The Balaban J connectivity index is 2.26. The molecule has 4 unspecified atom stereocenters. The minimum absolute atomic E-state index is 0.0290. The molecule has 2 heteroatoms. The van der Waals surface area contributed by atoms with Crippen molar-refractivity contribution in [2.24, 2.45) is 11.8 Å². The average Bonchev–Trinajstić information content (AvgIpc) is 2.84. The van der Waals surface area contributed by atoms with Crippen molar-refractivity contribution in [3.05, 3.63) is 107 Å². The first-order valence-electron chi connectivity index (χ1n) is 12.6. The van der Waals surface area contributed by atoms with Gasteiger partial charge in [0.05, 0.1) is 0 Å². The van der Waals surface area contributed by atoms with E-state index in [1.807, 2.05) is 0 Å². The van der Waals surface area contributed by atoms with Crippen LogP contribution in [-0.2, 0) is 8.18 Å². The van der Waals surface area contributed by atoms with E-state index in [9.17, 15) is 0 Å². The Labute approximate surface area is 215 Å². The molecular weight excluding hydrogens is 374 g/mol. The summed E-state index contributed by atoms with van der Waals surface area (Å²) in [5.41, 5.74) is 5.82. The fraction of sp³-hybridized carbons (Fsp3) is 0.400. The molecule has 4 atom stereocenters. The van der Waals surface area contributed by atoms with Gasteiger partial charge < -0.3 is 0 Å². The first kappa shape index (κ1) is 25.5. The maximum absolute atomic E-state index is 2.47. The predicted molar refractivity (Wildman–Crippen MR) is 141 cm³/mol. The zero-order valence-corrected chi connectivity index (χ0v) is 21.1. The van der Waals surface area contributed by atoms with Crippen molar-refractivity contribution in [1.29, 1.82) is 0 Å². The molecule has 3 aromatic rings. The third-order valence-corrected chi connectivity index (χ3v) is 7.85. The molecule has 0 spiro atoms. The van der Waals surface area contributed by atoms with E-state index in [0.29, 0.717) is 11.8 Å². The summed E-state index contributed by atoms with van der Waals surface area (Å²) in [4.78, 5) is 0. The van der Waals surface area contributed by atoms with Crippen LogP contribution in [0.2, 0.25) is 0 Å². The molecule has 0 aliphatic carbocycles. The van der Waals surface area contributed by atoms with Gasteiger partial charge in [0.15, 0.2) is 0 Å². The minimum atomic E-state index is -0.0290. The Morgan fingerprint density at radius 3 is 1.19 bits per heavy atom. The summed E-state index contributed by atoms with van der Waals surface area (Å²) in [6, 6.07) is 31.7. The van der Waals surface area contributed by atoms with Crippen molar-refractivity contribution >= 4 is 35.4 Å². The van der Waals surface area contributed by atoms with Crippen molar-refractivity contribution in [3.63, 3.8) is 0 Å². The van der Waals surface area contributed by atoms with E-state index in [1.54, 1.807) is 0 Å². The quantitative estimate of drug-likeness (QED) is 0.306. The second-order valence-corrected chi connectivity index (χ2v) is 10.4. The van der Waals surface area contributed by atoms with Gasteiger partial charge in [0.2, 0.25) is 0 Å². The SMILES string of the molecule is [Li][C](CC(C)CC)(c1ccccc1)c1ccccc1[C]([Li])(CC(C)CC)c1ccccc1. The first-order chi connectivity index (χ1) is 15.3. The number of hydrogen-bond acceptors (Lipinski definition) is 0. The summed E-state index contributed by atoms with van der Waals surface area (Å²) in [5.74, 6) is 1.32. The molecular formula is C30H36Li2. The molecule has 158 valence electrons. The van der Waals surface area contributed by atoms with Gasteiger partial charge in [-0.2, -0.15) is 0 Å². The first-order valence-corrected chi connectivity index (χ1v) is 12.6. The monoisotopic (exact) mass is 410 g/mol. The summed E-state index contributed by atoms with van der Waals surface area (Å²) < 4.78 is -0.0580. The number of rotatable bonds is 10. The van der Waals surface area contributed by atoms with Gasteiger partial charge in [0.1, 0.15) is 0 Å². The van der Waals surface area contributed by atoms with Crippen LogP contribution in [0, 0.1) is 11.8 Å². The molecule has 0 aliphatic rings. The topological polar surface area (TPSA) is 0 Å². The molecule has 32 heavy (non-hydrogen) atoms. The Morgan fingerprint density at radius 2 is 0.875 bits per heavy atom. The normalized spacial score (nSPS) is 17.2. The number of hydrogen-bond donors (Lipinski definition) is 0. The van der Waals surface area contributed by atoms with Crippen molar-refractivity contribution in [1.82, 2.24) is 0 Å². The van der Waals surface area contributed by atoms with E-state index in [0.717, 1.165) is 12.8 Å². The molecule has 0 amide bonds. The van der Waals surface area contributed by atoms with Gasteiger partial charge in [0.25, 0.3) is 0 Å². The van der Waals surface area contributed by atoms with Crippen LogP contribution >= 0.6 is 0 Å². The Kier molecular flexibility index (Phi) is 9.01. The van der Waals surface area contributed by atoms with Crippen LogP contribution in [-0.4, -0.2) is 35.4 Å². The van der Waals surface area contributed by atoms with Gasteiger partial charge in [-0.15, -0.1) is 0 Å². The van der Waals surface area contributed by atoms with Crippen LogP contribution in [0.5, 0.6) is 0 Å². The molecule has 0 heterocycles. The molecule has 0 radical (unpaired) electrons. The average molecular weight is 411 g/mol. The molecule has 0 aliphatic heterocycles.